The molecule has 0 spiro atoms. The van der Waals surface area contributed by atoms with Crippen molar-refractivity contribution >= 4 is 0 Å². The fourth-order valence-electron chi connectivity index (χ4n) is 1.67. The summed E-state index contributed by atoms with van der Waals surface area (Å²) in [7, 11) is 3.33. The van der Waals surface area contributed by atoms with Crippen LogP contribution < -0.4 is 10.5 Å². The molecule has 0 fully saturated rings. The van der Waals surface area contributed by atoms with Gasteiger partial charge in [-0.15, -0.1) is 0 Å². The average molecular weight is 224 g/mol. The summed E-state index contributed by atoms with van der Waals surface area (Å²) in [5.41, 5.74) is 7.10. The van der Waals surface area contributed by atoms with E-state index in [1.165, 1.54) is 0 Å². The predicted octanol–water partition coefficient (Wildman–Crippen LogP) is 1.76. The van der Waals surface area contributed by atoms with Crippen LogP contribution in [0, 0.1) is 5.92 Å². The lowest BCUT2D eigenvalue weighted by atomic mass is 9.98. The number of ether oxygens (including phenoxy) is 2. The summed E-state index contributed by atoms with van der Waals surface area (Å²) < 4.78 is 10.2. The zero-order valence-electron chi connectivity index (χ0n) is 10.1. The van der Waals surface area contributed by atoms with Crippen LogP contribution >= 0.6 is 0 Å². The molecule has 0 radical (unpaired) electrons. The lowest BCUT2D eigenvalue weighted by Crippen LogP contribution is -2.16. The summed E-state index contributed by atoms with van der Waals surface area (Å²) in [6.45, 7) is 2.85. The molecule has 0 aliphatic carbocycles. The van der Waals surface area contributed by atoms with Gasteiger partial charge in [0.05, 0.1) is 13.3 Å². The zero-order valence-corrected chi connectivity index (χ0v) is 10.1. The second-order valence-corrected chi connectivity index (χ2v) is 4.06. The Morgan fingerprint density at radius 3 is 2.75 bits per heavy atom. The van der Waals surface area contributed by atoms with Crippen molar-refractivity contribution in [1.29, 1.82) is 0 Å². The van der Waals surface area contributed by atoms with E-state index in [1.54, 1.807) is 26.6 Å². The summed E-state index contributed by atoms with van der Waals surface area (Å²) in [5.74, 6) is 1.18. The number of hydrogen-bond donors (Lipinski definition) is 1. The molecular weight excluding hydrogens is 204 g/mol. The highest BCUT2D eigenvalue weighted by Gasteiger charge is 2.12. The minimum atomic E-state index is -0.0206. The first kappa shape index (κ1) is 12.9. The third kappa shape index (κ3) is 3.79. The maximum Gasteiger partial charge on any atom is 0.137 e. The highest BCUT2D eigenvalue weighted by Crippen LogP contribution is 2.21. The molecule has 1 aromatic rings. The Kier molecular flexibility index (Phi) is 5.22. The fraction of sp³-hybridized carbons (Fsp3) is 0.583. The molecule has 2 atom stereocenters. The molecule has 2 N–H and O–H groups in total. The Morgan fingerprint density at radius 1 is 1.38 bits per heavy atom. The number of methoxy groups -OCH3 is 2. The molecule has 2 unspecified atom stereocenters. The van der Waals surface area contributed by atoms with E-state index in [0.29, 0.717) is 5.92 Å². The van der Waals surface area contributed by atoms with Crippen molar-refractivity contribution in [2.45, 2.75) is 19.4 Å². The van der Waals surface area contributed by atoms with E-state index in [9.17, 15) is 0 Å². The number of aromatic nitrogens is 1. The molecular formula is C12H20N2O2. The van der Waals surface area contributed by atoms with E-state index in [4.69, 9.17) is 15.2 Å². The van der Waals surface area contributed by atoms with Crippen LogP contribution in [0.25, 0.3) is 0 Å². The summed E-state index contributed by atoms with van der Waals surface area (Å²) in [6, 6.07) is 1.91. The van der Waals surface area contributed by atoms with Crippen LogP contribution in [0.1, 0.15) is 24.9 Å². The number of pyridine rings is 1. The van der Waals surface area contributed by atoms with E-state index in [1.807, 2.05) is 6.07 Å². The van der Waals surface area contributed by atoms with Gasteiger partial charge in [0, 0.05) is 26.0 Å². The van der Waals surface area contributed by atoms with Crippen molar-refractivity contribution in [1.82, 2.24) is 4.98 Å². The van der Waals surface area contributed by atoms with E-state index < -0.39 is 0 Å². The number of hydrogen-bond acceptors (Lipinski definition) is 4. The molecule has 0 aliphatic rings. The van der Waals surface area contributed by atoms with Crippen LogP contribution in [0.5, 0.6) is 5.75 Å². The quantitative estimate of drug-likeness (QED) is 0.800. The smallest absolute Gasteiger partial charge is 0.137 e. The molecule has 1 rings (SSSR count). The van der Waals surface area contributed by atoms with Crippen LogP contribution in [0.2, 0.25) is 0 Å². The topological polar surface area (TPSA) is 57.4 Å². The van der Waals surface area contributed by atoms with Crippen LogP contribution in [0.4, 0.5) is 0 Å². The molecule has 0 saturated carbocycles. The van der Waals surface area contributed by atoms with E-state index in [-0.39, 0.29) is 6.04 Å². The second-order valence-electron chi connectivity index (χ2n) is 4.06. The second kappa shape index (κ2) is 6.45. The molecule has 1 aromatic heterocycles. The summed E-state index contributed by atoms with van der Waals surface area (Å²) >= 11 is 0. The molecule has 90 valence electrons. The minimum absolute atomic E-state index is 0.0206. The van der Waals surface area contributed by atoms with Crippen LogP contribution in [-0.4, -0.2) is 25.8 Å². The summed E-state index contributed by atoms with van der Waals surface area (Å²) in [4.78, 5) is 4.09. The lowest BCUT2D eigenvalue weighted by Gasteiger charge is -2.17. The van der Waals surface area contributed by atoms with E-state index in [2.05, 4.69) is 11.9 Å². The van der Waals surface area contributed by atoms with Gasteiger partial charge in [-0.05, 0) is 24.0 Å². The molecule has 0 aromatic carbocycles. The van der Waals surface area contributed by atoms with Gasteiger partial charge in [0.15, 0.2) is 0 Å². The van der Waals surface area contributed by atoms with E-state index >= 15 is 0 Å². The first-order valence-corrected chi connectivity index (χ1v) is 5.40. The molecule has 16 heavy (non-hydrogen) atoms. The SMILES string of the molecule is COCC(C)CC(N)c1cncc(OC)c1. The molecule has 0 amide bonds. The third-order valence-electron chi connectivity index (χ3n) is 2.51. The molecule has 0 aliphatic heterocycles. The van der Waals surface area contributed by atoms with Crippen molar-refractivity contribution < 1.29 is 9.47 Å². The third-order valence-corrected chi connectivity index (χ3v) is 2.51. The Morgan fingerprint density at radius 2 is 2.12 bits per heavy atom. The van der Waals surface area contributed by atoms with E-state index in [0.717, 1.165) is 24.3 Å². The standard InChI is InChI=1S/C12H20N2O2/c1-9(8-15-2)4-12(13)10-5-11(16-3)7-14-6-10/h5-7,9,12H,4,8,13H2,1-3H3. The van der Waals surface area contributed by atoms with Crippen molar-refractivity contribution in [3.8, 4) is 5.75 Å². The van der Waals surface area contributed by atoms with Crippen LogP contribution in [-0.2, 0) is 4.74 Å². The Balaban J connectivity index is 2.61. The zero-order chi connectivity index (χ0) is 12.0. The van der Waals surface area contributed by atoms with Gasteiger partial charge in [-0.3, -0.25) is 4.98 Å². The van der Waals surface area contributed by atoms with Gasteiger partial charge >= 0.3 is 0 Å². The largest absolute Gasteiger partial charge is 0.495 e. The van der Waals surface area contributed by atoms with Gasteiger partial charge in [0.1, 0.15) is 5.75 Å². The Labute approximate surface area is 96.8 Å². The Hall–Kier alpha value is -1.13. The normalized spacial score (nSPS) is 14.5. The van der Waals surface area contributed by atoms with Crippen molar-refractivity contribution in [2.75, 3.05) is 20.8 Å². The van der Waals surface area contributed by atoms with Gasteiger partial charge in [-0.2, -0.15) is 0 Å². The molecule has 0 saturated heterocycles. The fourth-order valence-corrected chi connectivity index (χ4v) is 1.67. The van der Waals surface area contributed by atoms with Gasteiger partial charge in [-0.1, -0.05) is 6.92 Å². The van der Waals surface area contributed by atoms with Crippen molar-refractivity contribution in [3.05, 3.63) is 24.0 Å². The average Bonchev–Trinajstić information content (AvgIpc) is 2.29. The predicted molar refractivity (Wildman–Crippen MR) is 63.4 cm³/mol. The van der Waals surface area contributed by atoms with Gasteiger partial charge in [0.2, 0.25) is 0 Å². The first-order chi connectivity index (χ1) is 7.67. The minimum Gasteiger partial charge on any atom is -0.495 e. The maximum absolute atomic E-state index is 6.10. The Bertz CT molecular complexity index is 318. The highest BCUT2D eigenvalue weighted by atomic mass is 16.5. The van der Waals surface area contributed by atoms with Crippen molar-refractivity contribution in [2.24, 2.45) is 11.7 Å². The monoisotopic (exact) mass is 224 g/mol. The molecule has 4 nitrogen and oxygen atoms in total. The summed E-state index contributed by atoms with van der Waals surface area (Å²) in [5, 5.41) is 0. The first-order valence-electron chi connectivity index (χ1n) is 5.40. The number of nitrogens with two attached hydrogens (primary N) is 1. The molecule has 0 bridgehead atoms. The molecule has 1 heterocycles. The summed E-state index contributed by atoms with van der Waals surface area (Å²) in [6.07, 6.45) is 4.34. The van der Waals surface area contributed by atoms with Crippen LogP contribution in [0.3, 0.4) is 0 Å². The number of rotatable bonds is 6. The van der Waals surface area contributed by atoms with Crippen LogP contribution in [0.15, 0.2) is 18.5 Å². The van der Waals surface area contributed by atoms with Gasteiger partial charge in [0.25, 0.3) is 0 Å². The van der Waals surface area contributed by atoms with Crippen molar-refractivity contribution in [3.63, 3.8) is 0 Å². The maximum atomic E-state index is 6.10. The highest BCUT2D eigenvalue weighted by molar-refractivity contribution is 5.25. The van der Waals surface area contributed by atoms with Gasteiger partial charge < -0.3 is 15.2 Å². The molecule has 4 heteroatoms. The lowest BCUT2D eigenvalue weighted by molar-refractivity contribution is 0.152. The number of nitrogens with zero attached hydrogens (tertiary/aromatic N) is 1. The van der Waals surface area contributed by atoms with Gasteiger partial charge in [-0.25, -0.2) is 0 Å².